The van der Waals surface area contributed by atoms with Crippen LogP contribution < -0.4 is 0 Å². The zero-order chi connectivity index (χ0) is 23.4. The fourth-order valence-corrected chi connectivity index (χ4v) is 5.71. The number of para-hydroxylation sites is 1. The highest BCUT2D eigenvalue weighted by Gasteiger charge is 2.48. The van der Waals surface area contributed by atoms with Gasteiger partial charge in [-0.25, -0.2) is 4.39 Å². The third-order valence-corrected chi connectivity index (χ3v) is 7.29. The van der Waals surface area contributed by atoms with E-state index in [1.807, 2.05) is 42.5 Å². The van der Waals surface area contributed by atoms with Gasteiger partial charge in [0.2, 0.25) is 11.8 Å². The lowest BCUT2D eigenvalue weighted by Gasteiger charge is -2.47. The predicted molar refractivity (Wildman–Crippen MR) is 130 cm³/mol. The molecule has 2 aliphatic rings. The van der Waals surface area contributed by atoms with Crippen LogP contribution in [0.3, 0.4) is 0 Å². The highest BCUT2D eigenvalue weighted by molar-refractivity contribution is 9.10. The van der Waals surface area contributed by atoms with E-state index in [2.05, 4.69) is 27.0 Å². The fourth-order valence-electron chi connectivity index (χ4n) is 5.29. The molecule has 2 amide bonds. The van der Waals surface area contributed by atoms with Crippen molar-refractivity contribution in [3.8, 4) is 0 Å². The average Bonchev–Trinajstić information content (AvgIpc) is 3.21. The first kappa shape index (κ1) is 21.1. The second-order valence-corrected chi connectivity index (χ2v) is 9.78. The maximum Gasteiger partial charge on any atom is 0.246 e. The van der Waals surface area contributed by atoms with E-state index in [-0.39, 0.29) is 36.8 Å². The molecule has 7 heteroatoms. The van der Waals surface area contributed by atoms with E-state index in [1.54, 1.807) is 21.9 Å². The van der Waals surface area contributed by atoms with Crippen LogP contribution >= 0.6 is 15.9 Å². The van der Waals surface area contributed by atoms with Gasteiger partial charge < -0.3 is 14.8 Å². The molecule has 6 rings (SSSR count). The second kappa shape index (κ2) is 8.09. The van der Waals surface area contributed by atoms with Gasteiger partial charge in [-0.1, -0.05) is 58.4 Å². The summed E-state index contributed by atoms with van der Waals surface area (Å²) in [6.07, 6.45) is 0.453. The molecule has 1 N–H and O–H groups in total. The monoisotopic (exact) mass is 517 g/mol. The summed E-state index contributed by atoms with van der Waals surface area (Å²) in [6.45, 7) is 0.268. The lowest BCUT2D eigenvalue weighted by molar-refractivity contribution is -0.159. The van der Waals surface area contributed by atoms with Crippen LogP contribution in [0.4, 0.5) is 4.39 Å². The smallest absolute Gasteiger partial charge is 0.246 e. The Kier molecular flexibility index (Phi) is 5.03. The SMILES string of the molecule is O=C1[C@@H]2Cc3c([nH]c4ccccc34)[C@@H](c3cccc(Br)c3)N2C(=O)CN1Cc1ccc(F)cc1. The number of benzene rings is 3. The number of nitrogens with one attached hydrogen (secondary N) is 1. The number of rotatable bonds is 3. The summed E-state index contributed by atoms with van der Waals surface area (Å²) >= 11 is 3.55. The molecular weight excluding hydrogens is 497 g/mol. The van der Waals surface area contributed by atoms with Crippen molar-refractivity contribution in [2.24, 2.45) is 0 Å². The van der Waals surface area contributed by atoms with Crippen LogP contribution in [0.5, 0.6) is 0 Å². The number of H-pyrrole nitrogens is 1. The number of fused-ring (bicyclic) bond motifs is 4. The number of amides is 2. The highest BCUT2D eigenvalue weighted by Crippen LogP contribution is 2.43. The number of aromatic amines is 1. The van der Waals surface area contributed by atoms with Gasteiger partial charge in [-0.3, -0.25) is 9.59 Å². The van der Waals surface area contributed by atoms with Gasteiger partial charge in [-0.05, 0) is 47.0 Å². The van der Waals surface area contributed by atoms with Gasteiger partial charge in [-0.2, -0.15) is 0 Å². The number of carbonyl (C=O) groups excluding carboxylic acids is 2. The molecule has 0 radical (unpaired) electrons. The van der Waals surface area contributed by atoms with Crippen molar-refractivity contribution >= 4 is 38.6 Å². The van der Waals surface area contributed by atoms with Crippen molar-refractivity contribution in [2.75, 3.05) is 6.54 Å². The molecule has 0 spiro atoms. The van der Waals surface area contributed by atoms with Gasteiger partial charge in [0.05, 0.1) is 6.04 Å². The molecule has 0 bridgehead atoms. The molecule has 3 aromatic carbocycles. The van der Waals surface area contributed by atoms with Gasteiger partial charge in [0, 0.05) is 34.0 Å². The van der Waals surface area contributed by atoms with Crippen molar-refractivity contribution in [2.45, 2.75) is 25.0 Å². The number of piperazine rings is 1. The molecule has 1 aromatic heterocycles. The van der Waals surface area contributed by atoms with E-state index >= 15 is 0 Å². The Morgan fingerprint density at radius 3 is 2.59 bits per heavy atom. The maximum absolute atomic E-state index is 13.7. The summed E-state index contributed by atoms with van der Waals surface area (Å²) < 4.78 is 14.3. The summed E-state index contributed by atoms with van der Waals surface area (Å²) in [4.78, 5) is 34.2. The van der Waals surface area contributed by atoms with Crippen LogP contribution in [0.1, 0.15) is 28.4 Å². The molecule has 170 valence electrons. The minimum atomic E-state index is -0.600. The van der Waals surface area contributed by atoms with E-state index in [1.165, 1.54) is 12.1 Å². The van der Waals surface area contributed by atoms with Crippen molar-refractivity contribution in [1.29, 1.82) is 0 Å². The number of hydrogen-bond donors (Lipinski definition) is 1. The number of halogens is 2. The maximum atomic E-state index is 13.7. The molecule has 1 saturated heterocycles. The van der Waals surface area contributed by atoms with E-state index < -0.39 is 6.04 Å². The van der Waals surface area contributed by atoms with Crippen molar-refractivity contribution in [3.05, 3.63) is 105 Å². The summed E-state index contributed by atoms with van der Waals surface area (Å²) in [5.74, 6) is -0.507. The van der Waals surface area contributed by atoms with Gasteiger partial charge in [0.1, 0.15) is 18.4 Å². The summed E-state index contributed by atoms with van der Waals surface area (Å²) in [5, 5.41) is 1.08. The minimum absolute atomic E-state index is 0.00717. The fraction of sp³-hybridized carbons (Fsp3) is 0.185. The molecular formula is C27H21BrFN3O2. The second-order valence-electron chi connectivity index (χ2n) is 8.86. The number of aromatic nitrogens is 1. The van der Waals surface area contributed by atoms with E-state index in [9.17, 15) is 14.0 Å². The van der Waals surface area contributed by atoms with Gasteiger partial charge in [0.25, 0.3) is 0 Å². The minimum Gasteiger partial charge on any atom is -0.356 e. The number of carbonyl (C=O) groups is 2. The molecule has 0 unspecified atom stereocenters. The Labute approximate surface area is 204 Å². The van der Waals surface area contributed by atoms with E-state index in [4.69, 9.17) is 0 Å². The third-order valence-electron chi connectivity index (χ3n) is 6.79. The number of hydrogen-bond acceptors (Lipinski definition) is 2. The van der Waals surface area contributed by atoms with Crippen molar-refractivity contribution in [1.82, 2.24) is 14.8 Å². The van der Waals surface area contributed by atoms with Gasteiger partial charge in [0.15, 0.2) is 0 Å². The molecule has 2 aliphatic heterocycles. The van der Waals surface area contributed by atoms with E-state index in [0.29, 0.717) is 6.42 Å². The highest BCUT2D eigenvalue weighted by atomic mass is 79.9. The summed E-state index contributed by atoms with van der Waals surface area (Å²) in [6, 6.07) is 21.0. The Hall–Kier alpha value is -3.45. The summed E-state index contributed by atoms with van der Waals surface area (Å²) in [5.41, 5.74) is 4.77. The molecule has 1 fully saturated rings. The Bertz CT molecular complexity index is 1430. The first-order valence-electron chi connectivity index (χ1n) is 11.2. The van der Waals surface area contributed by atoms with Crippen LogP contribution in [0, 0.1) is 5.82 Å². The Morgan fingerprint density at radius 1 is 1.00 bits per heavy atom. The van der Waals surface area contributed by atoms with Gasteiger partial charge in [-0.15, -0.1) is 0 Å². The van der Waals surface area contributed by atoms with E-state index in [0.717, 1.165) is 37.8 Å². The zero-order valence-electron chi connectivity index (χ0n) is 18.2. The lowest BCUT2D eigenvalue weighted by Crippen LogP contribution is -2.62. The molecule has 3 heterocycles. The topological polar surface area (TPSA) is 56.4 Å². The largest absolute Gasteiger partial charge is 0.356 e. The Balaban J connectivity index is 1.45. The van der Waals surface area contributed by atoms with Crippen molar-refractivity contribution in [3.63, 3.8) is 0 Å². The van der Waals surface area contributed by atoms with Crippen LogP contribution in [-0.4, -0.2) is 39.2 Å². The first-order valence-corrected chi connectivity index (χ1v) is 12.0. The number of nitrogens with zero attached hydrogens (tertiary/aromatic N) is 2. The van der Waals surface area contributed by atoms with Crippen LogP contribution in [-0.2, 0) is 22.6 Å². The summed E-state index contributed by atoms with van der Waals surface area (Å²) in [7, 11) is 0. The molecule has 0 saturated carbocycles. The third kappa shape index (κ3) is 3.42. The van der Waals surface area contributed by atoms with Gasteiger partial charge >= 0.3 is 0 Å². The zero-order valence-corrected chi connectivity index (χ0v) is 19.8. The molecule has 34 heavy (non-hydrogen) atoms. The van der Waals surface area contributed by atoms with Crippen molar-refractivity contribution < 1.29 is 14.0 Å². The molecule has 0 aliphatic carbocycles. The van der Waals surface area contributed by atoms with Crippen LogP contribution in [0.2, 0.25) is 0 Å². The normalized spacial score (nSPS) is 19.9. The molecule has 2 atom stereocenters. The predicted octanol–water partition coefficient (Wildman–Crippen LogP) is 4.95. The van der Waals surface area contributed by atoms with Crippen LogP contribution in [0.15, 0.2) is 77.3 Å². The Morgan fingerprint density at radius 2 is 1.79 bits per heavy atom. The quantitative estimate of drug-likeness (QED) is 0.417. The average molecular weight is 518 g/mol. The lowest BCUT2D eigenvalue weighted by atomic mass is 9.86. The molecule has 4 aromatic rings. The van der Waals surface area contributed by atoms with Crippen LogP contribution in [0.25, 0.3) is 10.9 Å². The molecule has 5 nitrogen and oxygen atoms in total. The standard InChI is InChI=1S/C27H21BrFN3O2/c28-18-5-3-4-17(12-18)26-25-21(20-6-1-2-7-22(20)30-25)13-23-27(34)31(15-24(33)32(23)26)14-16-8-10-19(29)11-9-16/h1-12,23,26,30H,13-15H2/t23-,26+/m0/s1. The first-order chi connectivity index (χ1) is 16.5.